The molecule has 0 saturated heterocycles. The Kier molecular flexibility index (Phi) is 7.96. The summed E-state index contributed by atoms with van der Waals surface area (Å²) in [7, 11) is 0. The van der Waals surface area contributed by atoms with Gasteiger partial charge in [0.25, 0.3) is 0 Å². The zero-order valence-electron chi connectivity index (χ0n) is 40.0. The summed E-state index contributed by atoms with van der Waals surface area (Å²) in [6, 6.07) is 71.5. The molecule has 0 unspecified atom stereocenters. The number of rotatable bonds is 4. The lowest BCUT2D eigenvalue weighted by atomic mass is 9.91. The summed E-state index contributed by atoms with van der Waals surface area (Å²) >= 11 is 0. The van der Waals surface area contributed by atoms with Crippen LogP contribution in [0.15, 0.2) is 220 Å². The first kappa shape index (κ1) is 40.7. The number of furan rings is 3. The van der Waals surface area contributed by atoms with Gasteiger partial charge in [-0.25, -0.2) is 0 Å². The van der Waals surface area contributed by atoms with Crippen molar-refractivity contribution in [3.05, 3.63) is 218 Å². The summed E-state index contributed by atoms with van der Waals surface area (Å²) < 4.78 is 27.6. The van der Waals surface area contributed by atoms with Gasteiger partial charge in [-0.3, -0.25) is 4.98 Å². The van der Waals surface area contributed by atoms with E-state index in [4.69, 9.17) is 18.2 Å². The van der Waals surface area contributed by atoms with Gasteiger partial charge in [-0.2, -0.15) is 10.5 Å². The van der Waals surface area contributed by atoms with E-state index in [1.54, 1.807) is 6.20 Å². The number of hydrogen-bond donors (Lipinski definition) is 0. The fourth-order valence-corrected chi connectivity index (χ4v) is 12.8. The molecule has 0 spiro atoms. The quantitative estimate of drug-likeness (QED) is 0.173. The number of benzene rings is 10. The second-order valence-corrected chi connectivity index (χ2v) is 19.5. The number of pyridine rings is 1. The molecule has 0 radical (unpaired) electrons. The highest BCUT2D eigenvalue weighted by atomic mass is 16.3. The molecule has 0 aliphatic carbocycles. The predicted molar refractivity (Wildman–Crippen MR) is 304 cm³/mol. The first-order valence-corrected chi connectivity index (χ1v) is 25.1. The highest BCUT2D eigenvalue weighted by Crippen LogP contribution is 2.52. The van der Waals surface area contributed by atoms with E-state index in [-0.39, 0.29) is 11.1 Å². The van der Waals surface area contributed by atoms with Gasteiger partial charge in [0.05, 0.1) is 55.7 Å². The lowest BCUT2D eigenvalue weighted by molar-refractivity contribution is 0.670. The maximum atomic E-state index is 12.7. The highest BCUT2D eigenvalue weighted by Gasteiger charge is 2.35. The van der Waals surface area contributed by atoms with Crippen molar-refractivity contribution in [2.45, 2.75) is 0 Å². The second-order valence-electron chi connectivity index (χ2n) is 19.5. The summed E-state index contributed by atoms with van der Waals surface area (Å²) in [5.41, 5.74) is 12.3. The van der Waals surface area contributed by atoms with Crippen molar-refractivity contribution in [3.63, 3.8) is 0 Å². The molecule has 0 amide bonds. The van der Waals surface area contributed by atoms with E-state index in [2.05, 4.69) is 123 Å². The van der Waals surface area contributed by atoms with Crippen molar-refractivity contribution >= 4 is 131 Å². The number of nitrogens with zero attached hydrogens (tertiary/aromatic N) is 6. The van der Waals surface area contributed by atoms with Gasteiger partial charge in [-0.1, -0.05) is 133 Å². The Morgan fingerprint density at radius 1 is 0.329 bits per heavy atom. The Hall–Kier alpha value is -10.9. The van der Waals surface area contributed by atoms with Crippen LogP contribution in [0.5, 0.6) is 0 Å². The third kappa shape index (κ3) is 5.12. The minimum Gasteiger partial charge on any atom is -0.454 e. The molecule has 10 aromatic carbocycles. The molecular weight excluding hydrogens is 937 g/mol. The molecule has 0 aliphatic heterocycles. The van der Waals surface area contributed by atoms with Crippen molar-refractivity contribution in [2.24, 2.45) is 0 Å². The van der Waals surface area contributed by atoms with E-state index in [1.165, 1.54) is 0 Å². The maximum absolute atomic E-state index is 12.7. The van der Waals surface area contributed by atoms with Gasteiger partial charge in [-0.05, 0) is 60.7 Å². The lowest BCUT2D eigenvalue weighted by Gasteiger charge is -2.26. The van der Waals surface area contributed by atoms with E-state index in [0.29, 0.717) is 44.9 Å². The molecule has 7 heterocycles. The van der Waals surface area contributed by atoms with Gasteiger partial charge in [0.15, 0.2) is 16.7 Å². The smallest absolute Gasteiger partial charge is 0.160 e. The second kappa shape index (κ2) is 14.9. The monoisotopic (exact) mass is 970 g/mol. The van der Waals surface area contributed by atoms with Crippen LogP contribution < -0.4 is 0 Å². The topological polar surface area (TPSA) is 115 Å². The first-order valence-electron chi connectivity index (χ1n) is 25.1. The maximum Gasteiger partial charge on any atom is 0.160 e. The summed E-state index contributed by atoms with van der Waals surface area (Å²) in [5.74, 6) is 0. The van der Waals surface area contributed by atoms with E-state index >= 15 is 0 Å². The molecule has 9 nitrogen and oxygen atoms in total. The van der Waals surface area contributed by atoms with Crippen molar-refractivity contribution in [2.75, 3.05) is 0 Å². The van der Waals surface area contributed by atoms with Gasteiger partial charge in [0.2, 0.25) is 0 Å². The van der Waals surface area contributed by atoms with Crippen LogP contribution in [0.3, 0.4) is 0 Å². The third-order valence-corrected chi connectivity index (χ3v) is 15.8. The molecule has 0 N–H and O–H groups in total. The van der Waals surface area contributed by atoms with Crippen LogP contribution in [0, 0.1) is 22.7 Å². The SMILES string of the molecule is N#Cc1c(-c2cccnc2)c(-n2c3ccccc3c3ccc4c5ccccc5oc4c32)c(-n2c3ccccc3c3ccc4c5ccccc5oc4c32)c(C#N)c1-n1c2ccccc2c2ccc3c4ccccc4oc3c21. The van der Waals surface area contributed by atoms with Gasteiger partial charge in [-0.15, -0.1) is 0 Å². The molecule has 7 aromatic heterocycles. The molecule has 17 aromatic rings. The Morgan fingerprint density at radius 2 is 0.697 bits per heavy atom. The summed E-state index contributed by atoms with van der Waals surface area (Å²) in [6.45, 7) is 0. The molecule has 350 valence electrons. The van der Waals surface area contributed by atoms with Crippen molar-refractivity contribution in [1.29, 1.82) is 10.5 Å². The molecule has 0 fully saturated rings. The molecule has 9 heteroatoms. The third-order valence-electron chi connectivity index (χ3n) is 15.8. The van der Waals surface area contributed by atoms with Gasteiger partial charge in [0.1, 0.15) is 34.5 Å². The van der Waals surface area contributed by atoms with Crippen LogP contribution in [-0.4, -0.2) is 18.7 Å². The fourth-order valence-electron chi connectivity index (χ4n) is 12.8. The van der Waals surface area contributed by atoms with E-state index in [0.717, 1.165) is 114 Å². The predicted octanol–water partition coefficient (Wildman–Crippen LogP) is 17.5. The van der Waals surface area contributed by atoms with Crippen LogP contribution in [0.1, 0.15) is 11.1 Å². The summed E-state index contributed by atoms with van der Waals surface area (Å²) in [5, 5.41) is 36.4. The normalized spacial score (nSPS) is 12.2. The lowest BCUT2D eigenvalue weighted by Crippen LogP contribution is -2.14. The Bertz CT molecular complexity index is 5510. The Morgan fingerprint density at radius 3 is 1.11 bits per heavy atom. The van der Waals surface area contributed by atoms with Crippen LogP contribution in [0.4, 0.5) is 0 Å². The minimum absolute atomic E-state index is 0.258. The van der Waals surface area contributed by atoms with Crippen LogP contribution >= 0.6 is 0 Å². The fraction of sp³-hybridized carbons (Fsp3) is 0. The molecule has 0 saturated carbocycles. The largest absolute Gasteiger partial charge is 0.454 e. The van der Waals surface area contributed by atoms with Crippen LogP contribution in [-0.2, 0) is 0 Å². The first-order chi connectivity index (χ1) is 37.7. The molecule has 76 heavy (non-hydrogen) atoms. The average molecular weight is 971 g/mol. The molecule has 0 bridgehead atoms. The number of nitriles is 2. The summed E-state index contributed by atoms with van der Waals surface area (Å²) in [4.78, 5) is 4.77. The van der Waals surface area contributed by atoms with E-state index < -0.39 is 0 Å². The molecule has 0 aliphatic rings. The van der Waals surface area contributed by atoms with Gasteiger partial charge >= 0.3 is 0 Å². The van der Waals surface area contributed by atoms with Gasteiger partial charge in [0, 0.05) is 88.2 Å². The highest BCUT2D eigenvalue weighted by molar-refractivity contribution is 6.26. The van der Waals surface area contributed by atoms with Crippen molar-refractivity contribution in [1.82, 2.24) is 18.7 Å². The van der Waals surface area contributed by atoms with Crippen molar-refractivity contribution < 1.29 is 13.3 Å². The zero-order valence-corrected chi connectivity index (χ0v) is 40.0. The molecule has 17 rings (SSSR count). The summed E-state index contributed by atoms with van der Waals surface area (Å²) in [6.07, 6.45) is 3.56. The minimum atomic E-state index is 0.258. The Labute approximate surface area is 429 Å². The number of para-hydroxylation sites is 6. The number of hydrogen-bond acceptors (Lipinski definition) is 6. The standard InChI is InChI=1S/C67H34N6O3/c68-34-50-58(37-14-13-33-70-36-37)64(73-54-23-9-3-17-40(54)46-29-32-49-43-20-6-12-26-57(43)76-67(49)63(46)73)60(72-53-22-8-2-16-39(53)45-28-31-48-42-19-5-11-25-56(42)75-66(48)62(45)72)51(35-69)59(50)71-52-21-7-1-15-38(52)44-27-30-47-41-18-4-10-24-55(41)74-65(47)61(44)71/h1-33,36H. The molecular formula is C67H34N6O3. The average Bonchev–Trinajstić information content (AvgIpc) is 4.51. The number of fused-ring (bicyclic) bond motifs is 21. The Balaban J connectivity index is 1.19. The van der Waals surface area contributed by atoms with E-state index in [9.17, 15) is 10.5 Å². The van der Waals surface area contributed by atoms with Crippen LogP contribution in [0.25, 0.3) is 159 Å². The van der Waals surface area contributed by atoms with Crippen molar-refractivity contribution in [3.8, 4) is 40.3 Å². The van der Waals surface area contributed by atoms with Crippen LogP contribution in [0.2, 0.25) is 0 Å². The number of aromatic nitrogens is 4. The van der Waals surface area contributed by atoms with E-state index in [1.807, 2.05) is 103 Å². The zero-order chi connectivity index (χ0) is 49.9. The molecule has 0 atom stereocenters. The van der Waals surface area contributed by atoms with Gasteiger partial charge < -0.3 is 27.0 Å².